The van der Waals surface area contributed by atoms with E-state index < -0.39 is 0 Å². The highest BCUT2D eigenvalue weighted by molar-refractivity contribution is 6.21. The van der Waals surface area contributed by atoms with Gasteiger partial charge >= 0.3 is 0 Å². The molecular weight excluding hydrogens is 450 g/mol. The van der Waals surface area contributed by atoms with Gasteiger partial charge in [-0.2, -0.15) is 0 Å². The lowest BCUT2D eigenvalue weighted by Gasteiger charge is -2.34. The van der Waals surface area contributed by atoms with Gasteiger partial charge in [0.25, 0.3) is 11.8 Å². The summed E-state index contributed by atoms with van der Waals surface area (Å²) in [6, 6.07) is 19.4. The summed E-state index contributed by atoms with van der Waals surface area (Å²) in [4.78, 5) is 42.1. The zero-order valence-corrected chi connectivity index (χ0v) is 19.9. The average Bonchev–Trinajstić information content (AvgIpc) is 3.44. The van der Waals surface area contributed by atoms with E-state index in [2.05, 4.69) is 16.0 Å². The van der Waals surface area contributed by atoms with E-state index in [0.29, 0.717) is 24.2 Å². The minimum Gasteiger partial charge on any atom is -0.341 e. The lowest BCUT2D eigenvalue weighted by Crippen LogP contribution is -2.33. The first-order valence-electron chi connectivity index (χ1n) is 12.4. The first-order valence-corrected chi connectivity index (χ1v) is 12.4. The zero-order valence-electron chi connectivity index (χ0n) is 19.9. The molecule has 0 bridgehead atoms. The van der Waals surface area contributed by atoms with Gasteiger partial charge < -0.3 is 4.98 Å². The van der Waals surface area contributed by atoms with Crippen LogP contribution in [0, 0.1) is 0 Å². The molecule has 2 amide bonds. The molecule has 180 valence electrons. The Hall–Kier alpha value is -4.10. The number of aromatic amines is 1. The Morgan fingerprint density at radius 2 is 1.75 bits per heavy atom. The first-order chi connectivity index (χ1) is 17.7. The number of carbonyl (C=O) groups is 2. The van der Waals surface area contributed by atoms with E-state index in [1.54, 1.807) is 24.3 Å². The molecule has 1 unspecified atom stereocenters. The number of amides is 2. The molecular formula is C29H27N5O2. The van der Waals surface area contributed by atoms with E-state index in [1.807, 2.05) is 48.7 Å². The molecule has 36 heavy (non-hydrogen) atoms. The average molecular weight is 478 g/mol. The third kappa shape index (κ3) is 4.12. The number of benzene rings is 2. The molecule has 4 aromatic rings. The van der Waals surface area contributed by atoms with E-state index in [4.69, 9.17) is 9.97 Å². The Bertz CT molecular complexity index is 1410. The number of rotatable bonds is 7. The summed E-state index contributed by atoms with van der Waals surface area (Å²) in [6.45, 7) is 1.55. The number of nitrogens with one attached hydrogen (secondary N) is 1. The number of H-pyrrole nitrogens is 1. The van der Waals surface area contributed by atoms with Crippen molar-refractivity contribution in [2.24, 2.45) is 0 Å². The van der Waals surface area contributed by atoms with Gasteiger partial charge in [-0.25, -0.2) is 4.98 Å². The highest BCUT2D eigenvalue weighted by Crippen LogP contribution is 2.33. The zero-order chi connectivity index (χ0) is 24.5. The molecule has 1 N–H and O–H groups in total. The maximum Gasteiger partial charge on any atom is 0.261 e. The molecule has 7 heteroatoms. The van der Waals surface area contributed by atoms with Gasteiger partial charge in [-0.05, 0) is 55.2 Å². The summed E-state index contributed by atoms with van der Waals surface area (Å²) in [7, 11) is 0. The summed E-state index contributed by atoms with van der Waals surface area (Å²) in [5, 5.41) is 0. The molecule has 0 spiro atoms. The number of pyridine rings is 1. The third-order valence-corrected chi connectivity index (χ3v) is 7.07. The lowest BCUT2D eigenvalue weighted by molar-refractivity contribution is 0.0671. The predicted molar refractivity (Wildman–Crippen MR) is 137 cm³/mol. The molecule has 3 heterocycles. The van der Waals surface area contributed by atoms with Crippen molar-refractivity contribution in [3.63, 3.8) is 0 Å². The van der Waals surface area contributed by atoms with Crippen LogP contribution in [0.1, 0.15) is 56.7 Å². The highest BCUT2D eigenvalue weighted by atomic mass is 16.2. The molecule has 6 rings (SSSR count). The Balaban J connectivity index is 1.22. The van der Waals surface area contributed by atoms with Crippen molar-refractivity contribution in [3.8, 4) is 0 Å². The SMILES string of the molecule is O=C1c2ccccc2C(=O)N1CC=CCN(Cc1nc2ccccc2[nH]1)C1CCCc2cccnc21. The second kappa shape index (κ2) is 9.51. The van der Waals surface area contributed by atoms with Gasteiger partial charge in [0, 0.05) is 19.3 Å². The largest absolute Gasteiger partial charge is 0.341 e. The molecule has 0 saturated heterocycles. The number of hydrogen-bond acceptors (Lipinski definition) is 5. The van der Waals surface area contributed by atoms with Crippen molar-refractivity contribution in [3.05, 3.63) is 107 Å². The van der Waals surface area contributed by atoms with Gasteiger partial charge in [-0.15, -0.1) is 0 Å². The van der Waals surface area contributed by atoms with Gasteiger partial charge in [0.2, 0.25) is 0 Å². The number of aryl methyl sites for hydroxylation is 1. The molecule has 2 aliphatic rings. The number of imidazole rings is 1. The summed E-state index contributed by atoms with van der Waals surface area (Å²) < 4.78 is 0. The Morgan fingerprint density at radius 3 is 2.56 bits per heavy atom. The molecule has 1 atom stereocenters. The molecule has 1 aliphatic carbocycles. The molecule has 0 fully saturated rings. The predicted octanol–water partition coefficient (Wildman–Crippen LogP) is 4.69. The van der Waals surface area contributed by atoms with Crippen LogP contribution in [0.3, 0.4) is 0 Å². The van der Waals surface area contributed by atoms with Crippen molar-refractivity contribution in [2.75, 3.05) is 13.1 Å². The van der Waals surface area contributed by atoms with Crippen LogP contribution < -0.4 is 0 Å². The van der Waals surface area contributed by atoms with Crippen LogP contribution in [-0.2, 0) is 13.0 Å². The first kappa shape index (κ1) is 22.4. The minimum atomic E-state index is -0.232. The number of hydrogen-bond donors (Lipinski definition) is 1. The Kier molecular flexibility index (Phi) is 5.91. The van der Waals surface area contributed by atoms with Crippen LogP contribution in [0.5, 0.6) is 0 Å². The number of para-hydroxylation sites is 2. The van der Waals surface area contributed by atoms with Crippen LogP contribution in [-0.4, -0.2) is 49.7 Å². The molecule has 7 nitrogen and oxygen atoms in total. The van der Waals surface area contributed by atoms with Gasteiger partial charge in [0.15, 0.2) is 0 Å². The molecule has 0 saturated carbocycles. The molecule has 2 aromatic heterocycles. The van der Waals surface area contributed by atoms with Gasteiger partial charge in [0.1, 0.15) is 5.82 Å². The van der Waals surface area contributed by atoms with E-state index in [-0.39, 0.29) is 24.4 Å². The van der Waals surface area contributed by atoms with Crippen molar-refractivity contribution >= 4 is 22.8 Å². The maximum atomic E-state index is 12.7. The number of aromatic nitrogens is 3. The van der Waals surface area contributed by atoms with Crippen LogP contribution in [0.4, 0.5) is 0 Å². The monoisotopic (exact) mass is 477 g/mol. The molecule has 0 radical (unpaired) electrons. The smallest absolute Gasteiger partial charge is 0.261 e. The van der Waals surface area contributed by atoms with Gasteiger partial charge in [0.05, 0.1) is 40.4 Å². The summed E-state index contributed by atoms with van der Waals surface area (Å²) in [5.41, 5.74) is 5.37. The Morgan fingerprint density at radius 1 is 0.972 bits per heavy atom. The van der Waals surface area contributed by atoms with Crippen LogP contribution in [0.2, 0.25) is 0 Å². The van der Waals surface area contributed by atoms with E-state index in [1.165, 1.54) is 10.5 Å². The fraction of sp³-hybridized carbons (Fsp3) is 0.241. The highest BCUT2D eigenvalue weighted by Gasteiger charge is 2.34. The molecule has 1 aliphatic heterocycles. The standard InChI is InChI=1S/C29H27N5O2/c35-28-21-11-1-2-12-22(21)29(36)34(28)18-6-5-17-33(19-26-31-23-13-3-4-14-24(23)32-26)25-15-7-9-20-10-8-16-30-27(20)25/h1-6,8,10-14,16,25H,7,9,15,17-19H2,(H,31,32). The Labute approximate surface area is 209 Å². The van der Waals surface area contributed by atoms with Crippen LogP contribution >= 0.6 is 0 Å². The van der Waals surface area contributed by atoms with E-state index in [9.17, 15) is 9.59 Å². The van der Waals surface area contributed by atoms with Crippen molar-refractivity contribution < 1.29 is 9.59 Å². The lowest BCUT2D eigenvalue weighted by atomic mass is 9.90. The van der Waals surface area contributed by atoms with Crippen LogP contribution in [0.15, 0.2) is 79.0 Å². The maximum absolute atomic E-state index is 12.7. The van der Waals surface area contributed by atoms with E-state index in [0.717, 1.165) is 41.8 Å². The molecule has 2 aromatic carbocycles. The second-order valence-corrected chi connectivity index (χ2v) is 9.32. The summed E-state index contributed by atoms with van der Waals surface area (Å²) in [5.74, 6) is 0.447. The summed E-state index contributed by atoms with van der Waals surface area (Å²) >= 11 is 0. The second-order valence-electron chi connectivity index (χ2n) is 9.32. The fourth-order valence-corrected chi connectivity index (χ4v) is 5.31. The summed E-state index contributed by atoms with van der Waals surface area (Å²) in [6.07, 6.45) is 9.01. The van der Waals surface area contributed by atoms with Gasteiger partial charge in [-0.1, -0.05) is 42.5 Å². The topological polar surface area (TPSA) is 82.2 Å². The number of fused-ring (bicyclic) bond motifs is 3. The minimum absolute atomic E-state index is 0.173. The number of nitrogens with zero attached hydrogens (tertiary/aromatic N) is 4. The third-order valence-electron chi connectivity index (χ3n) is 7.07. The van der Waals surface area contributed by atoms with Crippen molar-refractivity contribution in [1.82, 2.24) is 24.8 Å². The number of carbonyl (C=O) groups excluding carboxylic acids is 2. The van der Waals surface area contributed by atoms with Crippen molar-refractivity contribution in [1.29, 1.82) is 0 Å². The normalized spacial score (nSPS) is 17.4. The fourth-order valence-electron chi connectivity index (χ4n) is 5.31. The quantitative estimate of drug-likeness (QED) is 0.308. The number of imide groups is 1. The van der Waals surface area contributed by atoms with E-state index >= 15 is 0 Å². The van der Waals surface area contributed by atoms with Gasteiger partial charge in [-0.3, -0.25) is 24.4 Å². The van der Waals surface area contributed by atoms with Crippen molar-refractivity contribution in [2.45, 2.75) is 31.8 Å². The van der Waals surface area contributed by atoms with Crippen LogP contribution in [0.25, 0.3) is 11.0 Å².